The fourth-order valence-electron chi connectivity index (χ4n) is 2.50. The van der Waals surface area contributed by atoms with E-state index in [1.807, 2.05) is 12.1 Å². The van der Waals surface area contributed by atoms with Crippen LogP contribution in [-0.2, 0) is 6.54 Å². The molecule has 0 saturated carbocycles. The van der Waals surface area contributed by atoms with Gasteiger partial charge >= 0.3 is 0 Å². The highest BCUT2D eigenvalue weighted by atomic mass is 35.5. The zero-order chi connectivity index (χ0) is 11.8. The number of hydrogen-bond acceptors (Lipinski definition) is 2. The number of aliphatic imine (C=N–C) groups is 1. The number of fused-ring (bicyclic) bond motifs is 2. The van der Waals surface area contributed by atoms with Gasteiger partial charge in [-0.25, -0.2) is 4.99 Å². The molecule has 2 heterocycles. The van der Waals surface area contributed by atoms with Gasteiger partial charge in [0.1, 0.15) is 5.84 Å². The van der Waals surface area contributed by atoms with Gasteiger partial charge in [0.15, 0.2) is 0 Å². The van der Waals surface area contributed by atoms with E-state index in [1.54, 1.807) is 0 Å². The Hall–Kier alpha value is -0.730. The van der Waals surface area contributed by atoms with Crippen LogP contribution >= 0.6 is 23.2 Å². The molecule has 1 saturated heterocycles. The third kappa shape index (κ3) is 2.16. The lowest BCUT2D eigenvalue weighted by Gasteiger charge is -2.29. The lowest BCUT2D eigenvalue weighted by atomic mass is 10.1. The molecule has 0 amide bonds. The van der Waals surface area contributed by atoms with Gasteiger partial charge in [-0.3, -0.25) is 0 Å². The van der Waals surface area contributed by atoms with Crippen molar-refractivity contribution in [3.8, 4) is 0 Å². The molecule has 4 heteroatoms. The van der Waals surface area contributed by atoms with Crippen LogP contribution in [0, 0.1) is 0 Å². The highest BCUT2D eigenvalue weighted by Crippen LogP contribution is 2.35. The van der Waals surface area contributed by atoms with E-state index in [4.69, 9.17) is 28.2 Å². The highest BCUT2D eigenvalue weighted by molar-refractivity contribution is 6.42. The average molecular weight is 269 g/mol. The summed E-state index contributed by atoms with van der Waals surface area (Å²) in [5.74, 6) is 1.22. The Morgan fingerprint density at radius 3 is 2.76 bits per heavy atom. The first-order chi connectivity index (χ1) is 8.24. The Labute approximate surface area is 111 Å². The molecule has 2 aliphatic rings. The second-order valence-electron chi connectivity index (χ2n) is 4.66. The fourth-order valence-corrected chi connectivity index (χ4v) is 2.84. The smallest absolute Gasteiger partial charge is 0.105 e. The average Bonchev–Trinajstić information content (AvgIpc) is 2.53. The molecule has 0 aliphatic carbocycles. The SMILES string of the molecule is Clc1cc2c(cc1Cl)N=C1CCCCCN1C2. The Bertz CT molecular complexity index is 483. The lowest BCUT2D eigenvalue weighted by molar-refractivity contribution is 0.403. The number of nitrogens with zero attached hydrogens (tertiary/aromatic N) is 2. The first-order valence-corrected chi connectivity index (χ1v) is 6.80. The molecule has 0 spiro atoms. The standard InChI is InChI=1S/C13H14Cl2N2/c14-10-6-9-8-17-5-3-1-2-4-13(17)16-12(9)7-11(10)15/h6-7H,1-5,8H2. The zero-order valence-corrected chi connectivity index (χ0v) is 11.1. The molecule has 0 unspecified atom stereocenters. The molecule has 1 aromatic rings. The van der Waals surface area contributed by atoms with Crippen LogP contribution in [0.15, 0.2) is 17.1 Å². The summed E-state index contributed by atoms with van der Waals surface area (Å²) in [6.45, 7) is 2.03. The number of hydrogen-bond donors (Lipinski definition) is 0. The second kappa shape index (κ2) is 4.51. The molecular weight excluding hydrogens is 255 g/mol. The maximum absolute atomic E-state index is 6.05. The van der Waals surface area contributed by atoms with E-state index < -0.39 is 0 Å². The predicted molar refractivity (Wildman–Crippen MR) is 72.4 cm³/mol. The van der Waals surface area contributed by atoms with E-state index in [9.17, 15) is 0 Å². The van der Waals surface area contributed by atoms with Crippen molar-refractivity contribution in [1.29, 1.82) is 0 Å². The van der Waals surface area contributed by atoms with Crippen molar-refractivity contribution < 1.29 is 0 Å². The third-order valence-corrected chi connectivity index (χ3v) is 4.15. The summed E-state index contributed by atoms with van der Waals surface area (Å²) in [5, 5.41) is 1.22. The summed E-state index contributed by atoms with van der Waals surface area (Å²) >= 11 is 12.1. The van der Waals surface area contributed by atoms with Gasteiger partial charge in [-0.15, -0.1) is 0 Å². The van der Waals surface area contributed by atoms with E-state index >= 15 is 0 Å². The molecule has 1 fully saturated rings. The summed E-state index contributed by atoms with van der Waals surface area (Å²) in [7, 11) is 0. The minimum Gasteiger partial charge on any atom is -0.356 e. The van der Waals surface area contributed by atoms with Crippen LogP contribution in [0.1, 0.15) is 31.2 Å². The molecule has 17 heavy (non-hydrogen) atoms. The number of rotatable bonds is 0. The van der Waals surface area contributed by atoms with E-state index in [1.165, 1.54) is 30.7 Å². The molecule has 0 bridgehead atoms. The topological polar surface area (TPSA) is 15.6 Å². The quantitative estimate of drug-likeness (QED) is 0.681. The van der Waals surface area contributed by atoms with E-state index in [-0.39, 0.29) is 0 Å². The molecule has 0 aromatic heterocycles. The van der Waals surface area contributed by atoms with Gasteiger partial charge in [0.2, 0.25) is 0 Å². The highest BCUT2D eigenvalue weighted by Gasteiger charge is 2.22. The van der Waals surface area contributed by atoms with Crippen LogP contribution in [0.5, 0.6) is 0 Å². The van der Waals surface area contributed by atoms with E-state index in [0.717, 1.165) is 25.2 Å². The second-order valence-corrected chi connectivity index (χ2v) is 5.47. The van der Waals surface area contributed by atoms with Crippen LogP contribution in [0.4, 0.5) is 5.69 Å². The summed E-state index contributed by atoms with van der Waals surface area (Å²) in [6, 6.07) is 3.83. The molecular formula is C13H14Cl2N2. The monoisotopic (exact) mass is 268 g/mol. The first kappa shape index (κ1) is 11.4. The van der Waals surface area contributed by atoms with Crippen LogP contribution in [0.3, 0.4) is 0 Å². The number of amidine groups is 1. The van der Waals surface area contributed by atoms with Crippen LogP contribution < -0.4 is 0 Å². The van der Waals surface area contributed by atoms with Crippen molar-refractivity contribution in [1.82, 2.24) is 4.90 Å². The minimum absolute atomic E-state index is 0.594. The first-order valence-electron chi connectivity index (χ1n) is 6.04. The van der Waals surface area contributed by atoms with Gasteiger partial charge in [-0.1, -0.05) is 29.6 Å². The Morgan fingerprint density at radius 2 is 1.88 bits per heavy atom. The predicted octanol–water partition coefficient (Wildman–Crippen LogP) is 4.41. The Balaban J connectivity index is 2.02. The van der Waals surface area contributed by atoms with Gasteiger partial charge in [-0.05, 0) is 30.5 Å². The molecule has 0 atom stereocenters. The molecule has 1 aromatic carbocycles. The molecule has 3 rings (SSSR count). The van der Waals surface area contributed by atoms with Crippen LogP contribution in [-0.4, -0.2) is 17.3 Å². The van der Waals surface area contributed by atoms with Crippen molar-refractivity contribution in [2.75, 3.05) is 6.54 Å². The van der Waals surface area contributed by atoms with Crippen LogP contribution in [0.2, 0.25) is 10.0 Å². The normalized spacial score (nSPS) is 19.2. The van der Waals surface area contributed by atoms with Gasteiger partial charge in [-0.2, -0.15) is 0 Å². The Kier molecular flexibility index (Phi) is 3.01. The van der Waals surface area contributed by atoms with Crippen molar-refractivity contribution in [2.45, 2.75) is 32.2 Å². The number of halogens is 2. The molecule has 0 N–H and O–H groups in total. The molecule has 0 radical (unpaired) electrons. The maximum atomic E-state index is 6.05. The van der Waals surface area contributed by atoms with Gasteiger partial charge in [0, 0.05) is 19.5 Å². The fraction of sp³-hybridized carbons (Fsp3) is 0.462. The molecule has 2 nitrogen and oxygen atoms in total. The maximum Gasteiger partial charge on any atom is 0.105 e. The summed E-state index contributed by atoms with van der Waals surface area (Å²) in [5.41, 5.74) is 2.18. The largest absolute Gasteiger partial charge is 0.356 e. The van der Waals surface area contributed by atoms with E-state index in [0.29, 0.717) is 10.0 Å². The lowest BCUT2D eigenvalue weighted by Crippen LogP contribution is -2.32. The zero-order valence-electron chi connectivity index (χ0n) is 9.55. The van der Waals surface area contributed by atoms with Gasteiger partial charge in [0.25, 0.3) is 0 Å². The Morgan fingerprint density at radius 1 is 1.06 bits per heavy atom. The molecule has 90 valence electrons. The van der Waals surface area contributed by atoms with Crippen molar-refractivity contribution in [3.05, 3.63) is 27.7 Å². The summed E-state index contributed by atoms with van der Waals surface area (Å²) in [4.78, 5) is 7.10. The summed E-state index contributed by atoms with van der Waals surface area (Å²) in [6.07, 6.45) is 4.88. The van der Waals surface area contributed by atoms with Gasteiger partial charge < -0.3 is 4.90 Å². The third-order valence-electron chi connectivity index (χ3n) is 3.43. The van der Waals surface area contributed by atoms with Crippen molar-refractivity contribution in [2.24, 2.45) is 4.99 Å². The van der Waals surface area contributed by atoms with Crippen molar-refractivity contribution >= 4 is 34.7 Å². The molecule has 2 aliphatic heterocycles. The van der Waals surface area contributed by atoms with Crippen LogP contribution in [0.25, 0.3) is 0 Å². The van der Waals surface area contributed by atoms with E-state index in [2.05, 4.69) is 4.90 Å². The minimum atomic E-state index is 0.594. The van der Waals surface area contributed by atoms with Crippen molar-refractivity contribution in [3.63, 3.8) is 0 Å². The summed E-state index contributed by atoms with van der Waals surface area (Å²) < 4.78 is 0. The van der Waals surface area contributed by atoms with Gasteiger partial charge in [0.05, 0.1) is 15.7 Å². The number of benzene rings is 1.